The monoisotopic (exact) mass is 368 g/mol. The topological polar surface area (TPSA) is 84.5 Å². The molecule has 1 aromatic carbocycles. The lowest BCUT2D eigenvalue weighted by molar-refractivity contribution is 0.133. The van der Waals surface area contributed by atoms with Gasteiger partial charge in [0, 0.05) is 12.6 Å². The van der Waals surface area contributed by atoms with E-state index < -0.39 is 16.1 Å². The predicted octanol–water partition coefficient (Wildman–Crippen LogP) is 2.83. The number of carbonyl (C=O) groups excluding carboxylic acids is 1. The van der Waals surface area contributed by atoms with Crippen LogP contribution < -0.4 is 10.0 Å². The maximum Gasteiger partial charge on any atom is 0.407 e. The molecule has 1 aromatic rings. The van der Waals surface area contributed by atoms with Crippen LogP contribution in [0.2, 0.25) is 0 Å². The second-order valence-corrected chi connectivity index (χ2v) is 8.63. The fraction of sp³-hybridized carbons (Fsp3) is 0.611. The van der Waals surface area contributed by atoms with E-state index in [1.807, 2.05) is 13.8 Å². The maximum absolute atomic E-state index is 12.3. The minimum atomic E-state index is -3.45. The molecule has 0 aromatic heterocycles. The summed E-state index contributed by atoms with van der Waals surface area (Å²) in [6.07, 6.45) is 4.19. The van der Waals surface area contributed by atoms with E-state index in [0.717, 1.165) is 31.2 Å². The van der Waals surface area contributed by atoms with Gasteiger partial charge in [-0.1, -0.05) is 38.8 Å². The van der Waals surface area contributed by atoms with Gasteiger partial charge in [-0.15, -0.1) is 0 Å². The van der Waals surface area contributed by atoms with E-state index in [9.17, 15) is 13.2 Å². The number of hydrogen-bond acceptors (Lipinski definition) is 4. The van der Waals surface area contributed by atoms with E-state index in [4.69, 9.17) is 4.74 Å². The Hall–Kier alpha value is -1.60. The smallest absolute Gasteiger partial charge is 0.407 e. The molecule has 0 radical (unpaired) electrons. The summed E-state index contributed by atoms with van der Waals surface area (Å²) in [5.74, 6) is 0.304. The van der Waals surface area contributed by atoms with Crippen LogP contribution in [-0.2, 0) is 21.2 Å². The van der Waals surface area contributed by atoms with Gasteiger partial charge < -0.3 is 10.1 Å². The van der Waals surface area contributed by atoms with E-state index >= 15 is 0 Å². The third-order valence-electron chi connectivity index (χ3n) is 4.14. The number of amides is 1. The maximum atomic E-state index is 12.3. The molecule has 1 saturated carbocycles. The summed E-state index contributed by atoms with van der Waals surface area (Å²) in [5.41, 5.74) is 0.962. The van der Waals surface area contributed by atoms with Crippen LogP contribution in [0.4, 0.5) is 4.79 Å². The van der Waals surface area contributed by atoms with Gasteiger partial charge in [0.25, 0.3) is 0 Å². The summed E-state index contributed by atoms with van der Waals surface area (Å²) in [6, 6.07) is 6.85. The van der Waals surface area contributed by atoms with Crippen LogP contribution in [0.5, 0.6) is 0 Å². The van der Waals surface area contributed by atoms with Gasteiger partial charge in [-0.25, -0.2) is 17.9 Å². The van der Waals surface area contributed by atoms with Crippen molar-refractivity contribution in [3.8, 4) is 0 Å². The van der Waals surface area contributed by atoms with Gasteiger partial charge in [-0.05, 0) is 42.9 Å². The zero-order chi connectivity index (χ0) is 18.3. The van der Waals surface area contributed by atoms with Gasteiger partial charge in [0.05, 0.1) is 11.5 Å². The Bertz CT molecular complexity index is 650. The van der Waals surface area contributed by atoms with Crippen LogP contribution in [0.3, 0.4) is 0 Å². The lowest BCUT2D eigenvalue weighted by Gasteiger charge is -2.13. The molecule has 0 bridgehead atoms. The number of hydrogen-bond donors (Lipinski definition) is 2. The number of sulfonamides is 1. The molecule has 0 aliphatic heterocycles. The van der Waals surface area contributed by atoms with E-state index in [2.05, 4.69) is 10.0 Å². The zero-order valence-corrected chi connectivity index (χ0v) is 15.8. The third kappa shape index (κ3) is 6.66. The lowest BCUT2D eigenvalue weighted by Crippen LogP contribution is -2.32. The molecule has 2 rings (SSSR count). The van der Waals surface area contributed by atoms with Crippen LogP contribution in [-0.4, -0.2) is 33.7 Å². The predicted molar refractivity (Wildman–Crippen MR) is 96.9 cm³/mol. The Balaban J connectivity index is 1.80. The third-order valence-corrected chi connectivity index (χ3v) is 5.68. The fourth-order valence-electron chi connectivity index (χ4n) is 2.77. The van der Waals surface area contributed by atoms with Crippen molar-refractivity contribution < 1.29 is 17.9 Å². The molecule has 0 unspecified atom stereocenters. The van der Waals surface area contributed by atoms with Crippen molar-refractivity contribution in [2.45, 2.75) is 56.9 Å². The van der Waals surface area contributed by atoms with Gasteiger partial charge in [-0.3, -0.25) is 0 Å². The standard InChI is InChI=1S/C18H28N2O4S/c1-14(2)13-24-18(21)19-12-11-15-7-9-17(10-8-15)25(22,23)20-16-5-3-4-6-16/h7-10,14,16,20H,3-6,11-13H2,1-2H3,(H,19,21). The highest BCUT2D eigenvalue weighted by atomic mass is 32.2. The average molecular weight is 368 g/mol. The van der Waals surface area contributed by atoms with Gasteiger partial charge in [0.1, 0.15) is 0 Å². The Kier molecular flexibility index (Phi) is 7.25. The van der Waals surface area contributed by atoms with Crippen molar-refractivity contribution in [2.75, 3.05) is 13.2 Å². The van der Waals surface area contributed by atoms with Gasteiger partial charge in [0.2, 0.25) is 10.0 Å². The van der Waals surface area contributed by atoms with Crippen molar-refractivity contribution >= 4 is 16.1 Å². The number of rotatable bonds is 8. The average Bonchev–Trinajstić information content (AvgIpc) is 3.05. The number of ether oxygens (including phenoxy) is 1. The number of benzene rings is 1. The van der Waals surface area contributed by atoms with E-state index in [0.29, 0.717) is 25.5 Å². The second kappa shape index (κ2) is 9.20. The van der Waals surface area contributed by atoms with Crippen LogP contribution in [0.25, 0.3) is 0 Å². The molecule has 1 fully saturated rings. The SMILES string of the molecule is CC(C)COC(=O)NCCc1ccc(S(=O)(=O)NC2CCCC2)cc1. The first-order valence-electron chi connectivity index (χ1n) is 8.89. The summed E-state index contributed by atoms with van der Waals surface area (Å²) >= 11 is 0. The molecule has 140 valence electrons. The second-order valence-electron chi connectivity index (χ2n) is 6.92. The molecule has 2 N–H and O–H groups in total. The summed E-state index contributed by atoms with van der Waals surface area (Å²) in [6.45, 7) is 4.80. The molecule has 0 saturated heterocycles. The van der Waals surface area contributed by atoms with Crippen molar-refractivity contribution in [2.24, 2.45) is 5.92 Å². The highest BCUT2D eigenvalue weighted by Gasteiger charge is 2.22. The first-order chi connectivity index (χ1) is 11.9. The highest BCUT2D eigenvalue weighted by Crippen LogP contribution is 2.20. The van der Waals surface area contributed by atoms with Crippen molar-refractivity contribution in [3.63, 3.8) is 0 Å². The number of nitrogens with one attached hydrogen (secondary N) is 2. The van der Waals surface area contributed by atoms with Gasteiger partial charge in [-0.2, -0.15) is 0 Å². The molecular formula is C18H28N2O4S. The van der Waals surface area contributed by atoms with Gasteiger partial charge in [0.15, 0.2) is 0 Å². The summed E-state index contributed by atoms with van der Waals surface area (Å²) < 4.78 is 32.5. The minimum Gasteiger partial charge on any atom is -0.449 e. The van der Waals surface area contributed by atoms with Crippen molar-refractivity contribution in [1.29, 1.82) is 0 Å². The van der Waals surface area contributed by atoms with Crippen LogP contribution in [0.1, 0.15) is 45.1 Å². The molecule has 1 aliphatic carbocycles. The van der Waals surface area contributed by atoms with Crippen LogP contribution in [0, 0.1) is 5.92 Å². The van der Waals surface area contributed by atoms with E-state index in [-0.39, 0.29) is 10.9 Å². The summed E-state index contributed by atoms with van der Waals surface area (Å²) in [4.78, 5) is 11.8. The summed E-state index contributed by atoms with van der Waals surface area (Å²) in [5, 5.41) is 2.69. The first-order valence-corrected chi connectivity index (χ1v) is 10.4. The molecule has 0 spiro atoms. The Morgan fingerprint density at radius 3 is 2.44 bits per heavy atom. The minimum absolute atomic E-state index is 0.0609. The number of carbonyl (C=O) groups is 1. The van der Waals surface area contributed by atoms with E-state index in [1.165, 1.54) is 0 Å². The van der Waals surface area contributed by atoms with Crippen LogP contribution >= 0.6 is 0 Å². The largest absolute Gasteiger partial charge is 0.449 e. The molecular weight excluding hydrogens is 340 g/mol. The molecule has 6 nitrogen and oxygen atoms in total. The Morgan fingerprint density at radius 2 is 1.84 bits per heavy atom. The number of alkyl carbamates (subject to hydrolysis) is 1. The normalized spacial score (nSPS) is 15.5. The van der Waals surface area contributed by atoms with Gasteiger partial charge >= 0.3 is 6.09 Å². The quantitative estimate of drug-likeness (QED) is 0.739. The van der Waals surface area contributed by atoms with Crippen LogP contribution in [0.15, 0.2) is 29.2 Å². The lowest BCUT2D eigenvalue weighted by atomic mass is 10.1. The van der Waals surface area contributed by atoms with E-state index in [1.54, 1.807) is 24.3 Å². The zero-order valence-electron chi connectivity index (χ0n) is 15.0. The van der Waals surface area contributed by atoms with Crippen molar-refractivity contribution in [3.05, 3.63) is 29.8 Å². The molecule has 0 atom stereocenters. The molecule has 1 amide bonds. The highest BCUT2D eigenvalue weighted by molar-refractivity contribution is 7.89. The fourth-order valence-corrected chi connectivity index (χ4v) is 4.07. The molecule has 25 heavy (non-hydrogen) atoms. The first kappa shape index (κ1) is 19.7. The molecule has 1 aliphatic rings. The Morgan fingerprint density at radius 1 is 1.20 bits per heavy atom. The summed E-state index contributed by atoms with van der Waals surface area (Å²) in [7, 11) is -3.45. The molecule has 0 heterocycles. The molecule has 7 heteroatoms. The van der Waals surface area contributed by atoms with Crippen molar-refractivity contribution in [1.82, 2.24) is 10.0 Å². The Labute approximate surface area is 150 Å².